The molecular weight excluding hydrogens is 254 g/mol. The Kier molecular flexibility index (Phi) is 2.81. The number of fused-ring (bicyclic) bond motifs is 1. The van der Waals surface area contributed by atoms with E-state index >= 15 is 0 Å². The van der Waals surface area contributed by atoms with E-state index in [0.717, 1.165) is 21.2 Å². The van der Waals surface area contributed by atoms with E-state index in [1.165, 1.54) is 0 Å². The highest BCUT2D eigenvalue weighted by molar-refractivity contribution is 9.10. The number of terminal acetylenes is 1. The van der Waals surface area contributed by atoms with Crippen molar-refractivity contribution in [3.63, 3.8) is 0 Å². The maximum Gasteiger partial charge on any atom is 0.148 e. The third kappa shape index (κ3) is 1.79. The van der Waals surface area contributed by atoms with Gasteiger partial charge in [0, 0.05) is 5.39 Å². The number of furan rings is 1. The fourth-order valence-corrected chi connectivity index (χ4v) is 1.96. The van der Waals surface area contributed by atoms with E-state index in [9.17, 15) is 0 Å². The van der Waals surface area contributed by atoms with Crippen LogP contribution < -0.4 is 5.32 Å². The van der Waals surface area contributed by atoms with Gasteiger partial charge in [-0.05, 0) is 35.1 Å². The molecule has 15 heavy (non-hydrogen) atoms. The molecule has 1 aromatic heterocycles. The number of para-hydroxylation sites is 1. The topological polar surface area (TPSA) is 25.2 Å². The SMILES string of the molecule is C#CC(NC)c1cc2cccc(Br)c2o1. The van der Waals surface area contributed by atoms with Crippen molar-refractivity contribution < 1.29 is 4.42 Å². The summed E-state index contributed by atoms with van der Waals surface area (Å²) in [5.41, 5.74) is 0.836. The van der Waals surface area contributed by atoms with Gasteiger partial charge in [0.05, 0.1) is 4.47 Å². The van der Waals surface area contributed by atoms with Crippen LogP contribution in [0, 0.1) is 12.3 Å². The van der Waals surface area contributed by atoms with E-state index in [1.54, 1.807) is 0 Å². The van der Waals surface area contributed by atoms with Gasteiger partial charge < -0.3 is 9.73 Å². The van der Waals surface area contributed by atoms with Crippen molar-refractivity contribution in [3.05, 3.63) is 34.5 Å². The molecule has 0 bridgehead atoms. The largest absolute Gasteiger partial charge is 0.457 e. The Morgan fingerprint density at radius 3 is 2.93 bits per heavy atom. The summed E-state index contributed by atoms with van der Waals surface area (Å²) in [4.78, 5) is 0. The number of halogens is 1. The summed E-state index contributed by atoms with van der Waals surface area (Å²) in [5.74, 6) is 3.39. The number of hydrogen-bond acceptors (Lipinski definition) is 2. The molecule has 0 fully saturated rings. The summed E-state index contributed by atoms with van der Waals surface area (Å²) in [7, 11) is 1.81. The molecule has 0 saturated heterocycles. The van der Waals surface area contributed by atoms with Gasteiger partial charge in [0.2, 0.25) is 0 Å². The lowest BCUT2D eigenvalue weighted by molar-refractivity contribution is 0.505. The van der Waals surface area contributed by atoms with E-state index in [0.29, 0.717) is 0 Å². The van der Waals surface area contributed by atoms with Crippen LogP contribution in [0.5, 0.6) is 0 Å². The molecule has 2 aromatic rings. The summed E-state index contributed by atoms with van der Waals surface area (Å²) < 4.78 is 6.63. The monoisotopic (exact) mass is 263 g/mol. The van der Waals surface area contributed by atoms with Gasteiger partial charge in [0.1, 0.15) is 17.4 Å². The number of benzene rings is 1. The molecule has 1 atom stereocenters. The fraction of sp³-hybridized carbons (Fsp3) is 0.167. The zero-order valence-electron chi connectivity index (χ0n) is 8.25. The van der Waals surface area contributed by atoms with Crippen LogP contribution in [0.4, 0.5) is 0 Å². The van der Waals surface area contributed by atoms with Gasteiger partial charge in [0.15, 0.2) is 0 Å². The third-order valence-electron chi connectivity index (χ3n) is 2.25. The minimum atomic E-state index is -0.177. The Balaban J connectivity index is 2.57. The smallest absolute Gasteiger partial charge is 0.148 e. The summed E-state index contributed by atoms with van der Waals surface area (Å²) in [6.45, 7) is 0. The Hall–Kier alpha value is -1.24. The summed E-state index contributed by atoms with van der Waals surface area (Å²) in [5, 5.41) is 4.05. The van der Waals surface area contributed by atoms with E-state index in [2.05, 4.69) is 27.2 Å². The van der Waals surface area contributed by atoms with Crippen molar-refractivity contribution in [2.75, 3.05) is 7.05 Å². The van der Waals surface area contributed by atoms with Crippen LogP contribution in [0.15, 0.2) is 33.2 Å². The van der Waals surface area contributed by atoms with E-state index in [4.69, 9.17) is 10.8 Å². The fourth-order valence-electron chi connectivity index (χ4n) is 1.50. The zero-order chi connectivity index (χ0) is 10.8. The zero-order valence-corrected chi connectivity index (χ0v) is 9.84. The second-order valence-electron chi connectivity index (χ2n) is 3.20. The molecule has 0 spiro atoms. The lowest BCUT2D eigenvalue weighted by Gasteiger charge is -2.03. The van der Waals surface area contributed by atoms with Gasteiger partial charge >= 0.3 is 0 Å². The first-order valence-electron chi connectivity index (χ1n) is 4.57. The number of rotatable bonds is 2. The van der Waals surface area contributed by atoms with Gasteiger partial charge in [0.25, 0.3) is 0 Å². The Morgan fingerprint density at radius 2 is 2.33 bits per heavy atom. The van der Waals surface area contributed by atoms with E-state index in [1.807, 2.05) is 31.3 Å². The average molecular weight is 264 g/mol. The highest BCUT2D eigenvalue weighted by atomic mass is 79.9. The summed E-state index contributed by atoms with van der Waals surface area (Å²) in [6.07, 6.45) is 5.39. The van der Waals surface area contributed by atoms with Crippen LogP contribution in [0.2, 0.25) is 0 Å². The van der Waals surface area contributed by atoms with Gasteiger partial charge in [-0.15, -0.1) is 6.42 Å². The van der Waals surface area contributed by atoms with Crippen molar-refractivity contribution >= 4 is 26.9 Å². The van der Waals surface area contributed by atoms with Crippen molar-refractivity contribution in [2.24, 2.45) is 0 Å². The standard InChI is InChI=1S/C12H10BrNO/c1-3-10(14-2)11-7-8-5-4-6-9(13)12(8)15-11/h1,4-7,10,14H,2H3. The normalized spacial score (nSPS) is 12.6. The molecule has 0 aliphatic rings. The maximum atomic E-state index is 5.69. The number of nitrogens with one attached hydrogen (secondary N) is 1. The van der Waals surface area contributed by atoms with E-state index < -0.39 is 0 Å². The maximum absolute atomic E-state index is 5.69. The van der Waals surface area contributed by atoms with Crippen molar-refractivity contribution in [1.29, 1.82) is 0 Å². The second kappa shape index (κ2) is 4.09. The second-order valence-corrected chi connectivity index (χ2v) is 4.05. The number of hydrogen-bond donors (Lipinski definition) is 1. The van der Waals surface area contributed by atoms with E-state index in [-0.39, 0.29) is 6.04 Å². The predicted octanol–water partition coefficient (Wildman–Crippen LogP) is 3.09. The summed E-state index contributed by atoms with van der Waals surface area (Å²) in [6, 6.07) is 7.69. The Bertz CT molecular complexity index is 524. The molecule has 1 heterocycles. The first-order chi connectivity index (χ1) is 7.26. The molecule has 0 radical (unpaired) electrons. The van der Waals surface area contributed by atoms with Crippen LogP contribution in [0.1, 0.15) is 11.8 Å². The highest BCUT2D eigenvalue weighted by Gasteiger charge is 2.12. The molecule has 1 N–H and O–H groups in total. The molecule has 0 aliphatic carbocycles. The van der Waals surface area contributed by atoms with Crippen LogP contribution in [0.3, 0.4) is 0 Å². The van der Waals surface area contributed by atoms with Crippen LogP contribution in [-0.4, -0.2) is 7.05 Å². The molecule has 0 amide bonds. The molecule has 3 heteroatoms. The molecule has 1 unspecified atom stereocenters. The summed E-state index contributed by atoms with van der Waals surface area (Å²) >= 11 is 3.44. The van der Waals surface area contributed by atoms with Gasteiger partial charge in [-0.3, -0.25) is 0 Å². The van der Waals surface area contributed by atoms with Crippen LogP contribution in [0.25, 0.3) is 11.0 Å². The average Bonchev–Trinajstić information content (AvgIpc) is 2.65. The van der Waals surface area contributed by atoms with Crippen molar-refractivity contribution in [2.45, 2.75) is 6.04 Å². The minimum Gasteiger partial charge on any atom is -0.457 e. The van der Waals surface area contributed by atoms with Gasteiger partial charge in [-0.1, -0.05) is 18.1 Å². The Labute approximate surface area is 96.8 Å². The van der Waals surface area contributed by atoms with Gasteiger partial charge in [-0.2, -0.15) is 0 Å². The van der Waals surface area contributed by atoms with Crippen molar-refractivity contribution in [1.82, 2.24) is 5.32 Å². The first kappa shape index (κ1) is 10.3. The third-order valence-corrected chi connectivity index (χ3v) is 2.88. The molecule has 2 rings (SSSR count). The van der Waals surface area contributed by atoms with Gasteiger partial charge in [-0.25, -0.2) is 0 Å². The Morgan fingerprint density at radius 1 is 1.53 bits per heavy atom. The molecule has 76 valence electrons. The van der Waals surface area contributed by atoms with Crippen molar-refractivity contribution in [3.8, 4) is 12.3 Å². The molecule has 1 aromatic carbocycles. The van der Waals surface area contributed by atoms with Crippen LogP contribution in [-0.2, 0) is 0 Å². The molecular formula is C12H10BrNO. The highest BCUT2D eigenvalue weighted by Crippen LogP contribution is 2.29. The molecule has 0 saturated carbocycles. The predicted molar refractivity (Wildman–Crippen MR) is 64.5 cm³/mol. The quantitative estimate of drug-likeness (QED) is 0.843. The lowest BCUT2D eigenvalue weighted by atomic mass is 10.2. The molecule has 0 aliphatic heterocycles. The lowest BCUT2D eigenvalue weighted by Crippen LogP contribution is -2.12. The molecule has 2 nitrogen and oxygen atoms in total. The van der Waals surface area contributed by atoms with Crippen LogP contribution >= 0.6 is 15.9 Å². The minimum absolute atomic E-state index is 0.177. The first-order valence-corrected chi connectivity index (χ1v) is 5.37.